The summed E-state index contributed by atoms with van der Waals surface area (Å²) in [6, 6.07) is 3.55. The number of aromatic nitrogens is 3. The molecule has 2 fully saturated rings. The first-order valence-electron chi connectivity index (χ1n) is 9.69. The maximum Gasteiger partial charge on any atom is 0.253 e. The molecule has 3 heterocycles. The predicted molar refractivity (Wildman–Crippen MR) is 113 cm³/mol. The van der Waals surface area contributed by atoms with E-state index in [1.165, 1.54) is 40.3 Å². The van der Waals surface area contributed by atoms with E-state index in [0.29, 0.717) is 23.0 Å². The molecule has 28 heavy (non-hydrogen) atoms. The molecule has 146 valence electrons. The van der Waals surface area contributed by atoms with Gasteiger partial charge in [-0.25, -0.2) is 9.97 Å². The van der Waals surface area contributed by atoms with Gasteiger partial charge in [0.1, 0.15) is 9.04 Å². The van der Waals surface area contributed by atoms with Gasteiger partial charge in [0.05, 0.1) is 34.2 Å². The highest BCUT2D eigenvalue weighted by Gasteiger charge is 2.31. The van der Waals surface area contributed by atoms with Crippen molar-refractivity contribution in [3.05, 3.63) is 34.4 Å². The second-order valence-corrected chi connectivity index (χ2v) is 10.7. The maximum atomic E-state index is 13.0. The van der Waals surface area contributed by atoms with Crippen LogP contribution in [0.5, 0.6) is 0 Å². The van der Waals surface area contributed by atoms with Crippen LogP contribution in [0, 0.1) is 0 Å². The summed E-state index contributed by atoms with van der Waals surface area (Å²) in [4.78, 5) is 22.0. The van der Waals surface area contributed by atoms with Crippen LogP contribution in [0.15, 0.2) is 27.5 Å². The third kappa shape index (κ3) is 2.81. The fourth-order valence-electron chi connectivity index (χ4n) is 3.79. The Kier molecular flexibility index (Phi) is 4.35. The van der Waals surface area contributed by atoms with Crippen molar-refractivity contribution in [2.24, 2.45) is 7.05 Å². The van der Waals surface area contributed by atoms with Crippen LogP contribution in [0.2, 0.25) is 0 Å². The van der Waals surface area contributed by atoms with Crippen molar-refractivity contribution >= 4 is 38.0 Å². The molecule has 1 atom stereocenters. The summed E-state index contributed by atoms with van der Waals surface area (Å²) in [5.41, 5.74) is 9.46. The van der Waals surface area contributed by atoms with Gasteiger partial charge in [0.15, 0.2) is 0 Å². The number of nitrogens with zero attached hydrogens (tertiary/aromatic N) is 3. The van der Waals surface area contributed by atoms with Crippen LogP contribution >= 0.6 is 11.3 Å². The van der Waals surface area contributed by atoms with Crippen LogP contribution in [0.1, 0.15) is 50.0 Å². The van der Waals surface area contributed by atoms with Crippen molar-refractivity contribution < 1.29 is 4.21 Å². The minimum absolute atomic E-state index is 0.116. The second-order valence-electron chi connectivity index (χ2n) is 7.78. The highest BCUT2D eigenvalue weighted by molar-refractivity contribution is 7.88. The molecule has 5 rings (SSSR count). The van der Waals surface area contributed by atoms with Crippen molar-refractivity contribution in [2.45, 2.75) is 53.9 Å². The Morgan fingerprint density at radius 2 is 1.93 bits per heavy atom. The topological polar surface area (TPSA) is 90.9 Å². The van der Waals surface area contributed by atoms with E-state index >= 15 is 0 Å². The SMILES string of the molecule is Cn1cnc(-c2cc(C3CCC3)c3c(N)c(S(=O)C4CCC4)sc3n2)cc1=O. The summed E-state index contributed by atoms with van der Waals surface area (Å²) >= 11 is 1.44. The Bertz CT molecular complexity index is 1160. The highest BCUT2D eigenvalue weighted by Crippen LogP contribution is 2.47. The minimum Gasteiger partial charge on any atom is -0.396 e. The van der Waals surface area contributed by atoms with Gasteiger partial charge in [-0.05, 0) is 43.2 Å². The lowest BCUT2D eigenvalue weighted by molar-refractivity contribution is 0.422. The average Bonchev–Trinajstić information content (AvgIpc) is 2.91. The Hall–Kier alpha value is -2.06. The van der Waals surface area contributed by atoms with Gasteiger partial charge < -0.3 is 10.3 Å². The Morgan fingerprint density at radius 3 is 2.54 bits per heavy atom. The number of hydrogen-bond acceptors (Lipinski definition) is 6. The molecule has 0 spiro atoms. The molecule has 2 N–H and O–H groups in total. The fraction of sp³-hybridized carbons (Fsp3) is 0.450. The molecule has 0 aliphatic heterocycles. The van der Waals surface area contributed by atoms with E-state index in [2.05, 4.69) is 4.98 Å². The van der Waals surface area contributed by atoms with Gasteiger partial charge in [-0.3, -0.25) is 9.00 Å². The molecule has 2 saturated carbocycles. The molecule has 0 bridgehead atoms. The second kappa shape index (κ2) is 6.77. The van der Waals surface area contributed by atoms with E-state index in [4.69, 9.17) is 10.7 Å². The van der Waals surface area contributed by atoms with Gasteiger partial charge in [0, 0.05) is 23.8 Å². The molecule has 2 aliphatic rings. The summed E-state index contributed by atoms with van der Waals surface area (Å²) in [6.45, 7) is 0. The van der Waals surface area contributed by atoms with Gasteiger partial charge in [0.2, 0.25) is 0 Å². The van der Waals surface area contributed by atoms with E-state index in [9.17, 15) is 9.00 Å². The summed E-state index contributed by atoms with van der Waals surface area (Å²) in [7, 11) is 0.614. The molecule has 0 amide bonds. The van der Waals surface area contributed by atoms with Crippen LogP contribution in [0.4, 0.5) is 5.69 Å². The molecule has 6 nitrogen and oxygen atoms in total. The van der Waals surface area contributed by atoms with E-state index in [1.54, 1.807) is 7.05 Å². The zero-order chi connectivity index (χ0) is 19.4. The molecule has 0 radical (unpaired) electrons. The predicted octanol–water partition coefficient (Wildman–Crippen LogP) is 3.57. The van der Waals surface area contributed by atoms with E-state index < -0.39 is 10.8 Å². The largest absolute Gasteiger partial charge is 0.396 e. The number of hydrogen-bond donors (Lipinski definition) is 1. The maximum absolute atomic E-state index is 13.0. The number of anilines is 1. The first-order chi connectivity index (χ1) is 13.5. The standard InChI is InChI=1S/C20H22N4O2S2/c1-24-10-22-14(9-16(24)25)15-8-13(11-4-2-5-11)17-18(21)20(27-19(17)23-15)28(26)12-6-3-7-12/h8-12H,2-7,21H2,1H3. The molecular formula is C20H22N4O2S2. The van der Waals surface area contributed by atoms with Crippen molar-refractivity contribution in [1.82, 2.24) is 14.5 Å². The number of pyridine rings is 1. The van der Waals surface area contributed by atoms with Crippen molar-refractivity contribution in [3.8, 4) is 11.4 Å². The number of aryl methyl sites for hydroxylation is 1. The van der Waals surface area contributed by atoms with Crippen LogP contribution in [0.25, 0.3) is 21.6 Å². The number of rotatable bonds is 4. The summed E-state index contributed by atoms with van der Waals surface area (Å²) in [6.07, 6.45) is 8.13. The molecule has 8 heteroatoms. The average molecular weight is 415 g/mol. The molecule has 2 aliphatic carbocycles. The number of thiophene rings is 1. The Morgan fingerprint density at radius 1 is 1.18 bits per heavy atom. The van der Waals surface area contributed by atoms with Gasteiger partial charge in [-0.15, -0.1) is 11.3 Å². The van der Waals surface area contributed by atoms with E-state index in [0.717, 1.165) is 46.5 Å². The van der Waals surface area contributed by atoms with E-state index in [1.807, 2.05) is 6.07 Å². The summed E-state index contributed by atoms with van der Waals surface area (Å²) in [5, 5.41) is 1.19. The normalized spacial score (nSPS) is 18.8. The number of fused-ring (bicyclic) bond motifs is 1. The first kappa shape index (κ1) is 18.0. The molecule has 1 unspecified atom stereocenters. The first-order valence-corrected chi connectivity index (χ1v) is 11.7. The molecule has 3 aromatic heterocycles. The number of nitrogen functional groups attached to an aromatic ring is 1. The van der Waals surface area contributed by atoms with Crippen LogP contribution in [-0.4, -0.2) is 24.0 Å². The molecule has 0 aromatic carbocycles. The Balaban J connectivity index is 1.69. The Labute approximate surface area is 169 Å². The third-order valence-electron chi connectivity index (χ3n) is 6.02. The van der Waals surface area contributed by atoms with Crippen LogP contribution < -0.4 is 11.3 Å². The zero-order valence-corrected chi connectivity index (χ0v) is 17.3. The van der Waals surface area contributed by atoms with Gasteiger partial charge >= 0.3 is 0 Å². The lowest BCUT2D eigenvalue weighted by Crippen LogP contribution is -2.23. The van der Waals surface area contributed by atoms with Gasteiger partial charge in [0.25, 0.3) is 5.56 Å². The lowest BCUT2D eigenvalue weighted by Gasteiger charge is -2.27. The lowest BCUT2D eigenvalue weighted by atomic mass is 9.79. The molecule has 3 aromatic rings. The van der Waals surface area contributed by atoms with Crippen molar-refractivity contribution in [1.29, 1.82) is 0 Å². The zero-order valence-electron chi connectivity index (χ0n) is 15.7. The molecular weight excluding hydrogens is 392 g/mol. The van der Waals surface area contributed by atoms with E-state index in [-0.39, 0.29) is 10.8 Å². The summed E-state index contributed by atoms with van der Waals surface area (Å²) < 4.78 is 15.2. The van der Waals surface area contributed by atoms with Gasteiger partial charge in [-0.1, -0.05) is 12.8 Å². The summed E-state index contributed by atoms with van der Waals surface area (Å²) in [5.74, 6) is 0.442. The molecule has 0 saturated heterocycles. The smallest absolute Gasteiger partial charge is 0.253 e. The van der Waals surface area contributed by atoms with Crippen molar-refractivity contribution in [3.63, 3.8) is 0 Å². The quantitative estimate of drug-likeness (QED) is 0.705. The fourth-order valence-corrected chi connectivity index (χ4v) is 7.01. The highest BCUT2D eigenvalue weighted by atomic mass is 32.2. The minimum atomic E-state index is -1.06. The number of nitrogens with two attached hydrogens (primary N) is 1. The van der Waals surface area contributed by atoms with Gasteiger partial charge in [-0.2, -0.15) is 0 Å². The monoisotopic (exact) mass is 414 g/mol. The third-order valence-corrected chi connectivity index (χ3v) is 9.32. The van der Waals surface area contributed by atoms with Crippen LogP contribution in [-0.2, 0) is 17.8 Å². The van der Waals surface area contributed by atoms with Crippen molar-refractivity contribution in [2.75, 3.05) is 5.73 Å². The van der Waals surface area contributed by atoms with Crippen LogP contribution in [0.3, 0.4) is 0 Å².